The number of carbonyl (C=O) groups is 1. The first-order valence-electron chi connectivity index (χ1n) is 9.08. The molecule has 2 aromatic rings. The largest absolute Gasteiger partial charge is 0.478 e. The summed E-state index contributed by atoms with van der Waals surface area (Å²) in [6.07, 6.45) is 10.1. The first kappa shape index (κ1) is 18.2. The molecule has 1 N–H and O–H groups in total. The summed E-state index contributed by atoms with van der Waals surface area (Å²) in [5.74, 6) is -0.796. The lowest BCUT2D eigenvalue weighted by Gasteiger charge is -2.25. The molecule has 0 saturated heterocycles. The highest BCUT2D eigenvalue weighted by Gasteiger charge is 2.17. The van der Waals surface area contributed by atoms with E-state index in [9.17, 15) is 9.90 Å². The van der Waals surface area contributed by atoms with Crippen LogP contribution in [0, 0.1) is 6.92 Å². The van der Waals surface area contributed by atoms with Crippen LogP contribution >= 0.6 is 0 Å². The summed E-state index contributed by atoms with van der Waals surface area (Å²) in [6, 6.07) is 10.6. The van der Waals surface area contributed by atoms with Gasteiger partial charge in [-0.2, -0.15) is 0 Å². The van der Waals surface area contributed by atoms with E-state index in [1.165, 1.54) is 22.3 Å². The summed E-state index contributed by atoms with van der Waals surface area (Å²) in [5, 5.41) is 9.19. The number of hydrogen-bond acceptors (Lipinski definition) is 2. The van der Waals surface area contributed by atoms with Gasteiger partial charge in [0.2, 0.25) is 0 Å². The zero-order chi connectivity index (χ0) is 18.5. The van der Waals surface area contributed by atoms with Crippen molar-refractivity contribution in [2.45, 2.75) is 19.8 Å². The lowest BCUT2D eigenvalue weighted by atomic mass is 9.95. The Bertz CT molecular complexity index is 845. The molecule has 1 aromatic heterocycles. The van der Waals surface area contributed by atoms with Crippen LogP contribution in [0.4, 0.5) is 0 Å². The molecule has 0 amide bonds. The second-order valence-corrected chi connectivity index (χ2v) is 6.89. The number of hydrogen-bond donors (Lipinski definition) is 1. The molecule has 26 heavy (non-hydrogen) atoms. The van der Waals surface area contributed by atoms with Gasteiger partial charge in [0, 0.05) is 44.6 Å². The van der Waals surface area contributed by atoms with Crippen molar-refractivity contribution in [2.75, 3.05) is 19.6 Å². The topological polar surface area (TPSA) is 45.5 Å². The van der Waals surface area contributed by atoms with Crippen molar-refractivity contribution in [3.63, 3.8) is 0 Å². The number of rotatable bonds is 6. The van der Waals surface area contributed by atoms with Crippen LogP contribution in [0.5, 0.6) is 0 Å². The molecule has 0 unspecified atom stereocenters. The quantitative estimate of drug-likeness (QED) is 0.860. The molecule has 0 bridgehead atoms. The second-order valence-electron chi connectivity index (χ2n) is 6.89. The summed E-state index contributed by atoms with van der Waals surface area (Å²) < 4.78 is 2.07. The monoisotopic (exact) mass is 350 g/mol. The van der Waals surface area contributed by atoms with E-state index >= 15 is 0 Å². The highest BCUT2D eigenvalue weighted by atomic mass is 16.4. The summed E-state index contributed by atoms with van der Waals surface area (Å²) in [5.41, 5.74) is 5.49. The highest BCUT2D eigenvalue weighted by Crippen LogP contribution is 2.27. The fraction of sp³-hybridized carbons (Fsp3) is 0.318. The minimum absolute atomic E-state index is 0.516. The van der Waals surface area contributed by atoms with Gasteiger partial charge in [0.15, 0.2) is 0 Å². The number of aryl methyl sites for hydroxylation is 2. The van der Waals surface area contributed by atoms with E-state index in [4.69, 9.17) is 0 Å². The Morgan fingerprint density at radius 1 is 1.27 bits per heavy atom. The molecule has 0 atom stereocenters. The maximum absolute atomic E-state index is 11.2. The molecule has 2 heterocycles. The van der Waals surface area contributed by atoms with Gasteiger partial charge in [-0.15, -0.1) is 0 Å². The van der Waals surface area contributed by atoms with Crippen molar-refractivity contribution in [1.29, 1.82) is 0 Å². The third kappa shape index (κ3) is 4.33. The van der Waals surface area contributed by atoms with Gasteiger partial charge in [-0.05, 0) is 48.1 Å². The van der Waals surface area contributed by atoms with Crippen molar-refractivity contribution in [2.24, 2.45) is 7.05 Å². The van der Waals surface area contributed by atoms with Crippen LogP contribution in [-0.2, 0) is 11.8 Å². The molecule has 0 saturated carbocycles. The predicted molar refractivity (Wildman–Crippen MR) is 105 cm³/mol. The van der Waals surface area contributed by atoms with E-state index in [-0.39, 0.29) is 0 Å². The molecule has 0 spiro atoms. The van der Waals surface area contributed by atoms with E-state index in [1.54, 1.807) is 0 Å². The van der Waals surface area contributed by atoms with E-state index in [2.05, 4.69) is 65.2 Å². The summed E-state index contributed by atoms with van der Waals surface area (Å²) in [6.45, 7) is 4.47. The van der Waals surface area contributed by atoms with Crippen molar-refractivity contribution >= 4 is 11.5 Å². The average molecular weight is 350 g/mol. The van der Waals surface area contributed by atoms with Crippen LogP contribution in [0.2, 0.25) is 0 Å². The molecule has 0 aliphatic carbocycles. The number of aliphatic carboxylic acids is 1. The molecule has 3 rings (SSSR count). The molecule has 1 aliphatic heterocycles. The molecule has 136 valence electrons. The molecule has 0 radical (unpaired) electrons. The van der Waals surface area contributed by atoms with Crippen LogP contribution in [0.25, 0.3) is 5.57 Å². The number of benzene rings is 1. The third-order valence-corrected chi connectivity index (χ3v) is 4.88. The van der Waals surface area contributed by atoms with Gasteiger partial charge in [0.25, 0.3) is 0 Å². The molecular weight excluding hydrogens is 324 g/mol. The molecule has 0 fully saturated rings. The molecule has 4 nitrogen and oxygen atoms in total. The van der Waals surface area contributed by atoms with E-state index < -0.39 is 5.97 Å². The zero-order valence-corrected chi connectivity index (χ0v) is 15.5. The van der Waals surface area contributed by atoms with Crippen molar-refractivity contribution in [3.8, 4) is 0 Å². The highest BCUT2D eigenvalue weighted by molar-refractivity contribution is 5.87. The van der Waals surface area contributed by atoms with E-state index in [0.29, 0.717) is 12.1 Å². The number of carboxylic acids is 1. The van der Waals surface area contributed by atoms with Crippen LogP contribution in [-0.4, -0.2) is 40.2 Å². The van der Waals surface area contributed by atoms with Crippen LogP contribution in [0.1, 0.15) is 29.5 Å². The van der Waals surface area contributed by atoms with E-state index in [1.807, 2.05) is 13.1 Å². The number of aromatic nitrogens is 1. The normalized spacial score (nSPS) is 15.8. The molecular formula is C22H26N2O2. The van der Waals surface area contributed by atoms with Gasteiger partial charge in [-0.25, -0.2) is 4.79 Å². The van der Waals surface area contributed by atoms with Gasteiger partial charge in [0.05, 0.1) is 0 Å². The Labute approximate surface area is 155 Å². The molecule has 1 aliphatic rings. The Morgan fingerprint density at radius 2 is 2.08 bits per heavy atom. The minimum Gasteiger partial charge on any atom is -0.478 e. The fourth-order valence-corrected chi connectivity index (χ4v) is 3.46. The van der Waals surface area contributed by atoms with Gasteiger partial charge < -0.3 is 9.67 Å². The Hall–Kier alpha value is -2.59. The second kappa shape index (κ2) is 8.19. The van der Waals surface area contributed by atoms with Gasteiger partial charge in [-0.1, -0.05) is 36.4 Å². The summed E-state index contributed by atoms with van der Waals surface area (Å²) in [7, 11) is 2.03. The third-order valence-electron chi connectivity index (χ3n) is 4.88. The Kier molecular flexibility index (Phi) is 5.74. The van der Waals surface area contributed by atoms with Gasteiger partial charge in [-0.3, -0.25) is 4.90 Å². The van der Waals surface area contributed by atoms with Gasteiger partial charge in [0.1, 0.15) is 0 Å². The predicted octanol–water partition coefficient (Wildman–Crippen LogP) is 3.87. The van der Waals surface area contributed by atoms with E-state index in [0.717, 1.165) is 25.9 Å². The SMILES string of the molecule is Cc1ccccc1C(=CCCN1CCC=C(C(=O)O)C1)c1ccn(C)c1. The average Bonchev–Trinajstić information content (AvgIpc) is 3.06. The standard InChI is InChI=1S/C22H26N2O2/c1-17-7-3-4-9-20(17)21(18-11-14-23(2)15-18)10-6-13-24-12-5-8-19(16-24)22(25)26/h3-4,7-11,14-15H,5-6,12-13,16H2,1-2H3,(H,25,26). The molecule has 4 heteroatoms. The fourth-order valence-electron chi connectivity index (χ4n) is 3.46. The molecule has 1 aromatic carbocycles. The zero-order valence-electron chi connectivity index (χ0n) is 15.5. The smallest absolute Gasteiger partial charge is 0.332 e. The van der Waals surface area contributed by atoms with Crippen molar-refractivity contribution in [3.05, 3.63) is 77.1 Å². The van der Waals surface area contributed by atoms with Crippen molar-refractivity contribution in [1.82, 2.24) is 9.47 Å². The van der Waals surface area contributed by atoms with Gasteiger partial charge >= 0.3 is 5.97 Å². The lowest BCUT2D eigenvalue weighted by molar-refractivity contribution is -0.133. The maximum atomic E-state index is 11.2. The first-order valence-corrected chi connectivity index (χ1v) is 9.08. The Balaban J connectivity index is 1.77. The summed E-state index contributed by atoms with van der Waals surface area (Å²) >= 11 is 0. The lowest BCUT2D eigenvalue weighted by Crippen LogP contribution is -2.32. The van der Waals surface area contributed by atoms with Crippen LogP contribution in [0.3, 0.4) is 0 Å². The number of carboxylic acid groups (broad SMARTS) is 1. The summed E-state index contributed by atoms with van der Waals surface area (Å²) in [4.78, 5) is 13.4. The van der Waals surface area contributed by atoms with Crippen LogP contribution in [0.15, 0.2) is 60.5 Å². The van der Waals surface area contributed by atoms with Crippen molar-refractivity contribution < 1.29 is 9.90 Å². The van der Waals surface area contributed by atoms with Crippen LogP contribution < -0.4 is 0 Å². The first-order chi connectivity index (χ1) is 12.5. The number of nitrogens with zero attached hydrogens (tertiary/aromatic N) is 2. The Morgan fingerprint density at radius 3 is 2.77 bits per heavy atom. The minimum atomic E-state index is -0.796. The maximum Gasteiger partial charge on any atom is 0.332 e.